The molecule has 2 aromatic rings. The molecule has 4 heterocycles. The largest absolute Gasteiger partial charge is 0.477 e. The van der Waals surface area contributed by atoms with Crippen LogP contribution in [-0.2, 0) is 19.2 Å². The number of carboxylic acids is 1. The molecule has 3 aliphatic heterocycles. The highest BCUT2D eigenvalue weighted by Crippen LogP contribution is 2.41. The van der Waals surface area contributed by atoms with Gasteiger partial charge in [-0.2, -0.15) is 13.2 Å². The zero-order valence-electron chi connectivity index (χ0n) is 21.1. The third kappa shape index (κ3) is 7.74. The lowest BCUT2D eigenvalue weighted by Crippen LogP contribution is -2.70. The molecule has 16 heteroatoms. The number of H-pyrrole nitrogens is 1. The Labute approximate surface area is 248 Å². The molecule has 218 valence electrons. The molecular weight excluding hydrogens is 651 g/mol. The molecule has 41 heavy (non-hydrogen) atoms. The van der Waals surface area contributed by atoms with Gasteiger partial charge in [0.25, 0.3) is 5.91 Å². The van der Waals surface area contributed by atoms with Crippen LogP contribution in [0.3, 0.4) is 0 Å². The van der Waals surface area contributed by atoms with E-state index >= 15 is 0 Å². The summed E-state index contributed by atoms with van der Waals surface area (Å²) in [6, 6.07) is 6.46. The molecule has 0 aliphatic carbocycles. The van der Waals surface area contributed by atoms with Crippen molar-refractivity contribution in [3.63, 3.8) is 0 Å². The second kappa shape index (κ2) is 13.2. The van der Waals surface area contributed by atoms with E-state index in [1.165, 1.54) is 29.6 Å². The summed E-state index contributed by atoms with van der Waals surface area (Å²) in [7, 11) is 0. The van der Waals surface area contributed by atoms with E-state index in [9.17, 15) is 37.5 Å². The van der Waals surface area contributed by atoms with E-state index in [0.29, 0.717) is 4.90 Å². The molecule has 1 aromatic heterocycles. The molecule has 3 aliphatic rings. The Morgan fingerprint density at radius 2 is 2.00 bits per heavy atom. The van der Waals surface area contributed by atoms with Crippen molar-refractivity contribution in [2.24, 2.45) is 0 Å². The highest BCUT2D eigenvalue weighted by molar-refractivity contribution is 9.10. The Morgan fingerprint density at radius 3 is 2.59 bits per heavy atom. The quantitative estimate of drug-likeness (QED) is 0.231. The number of nitrogens with zero attached hydrogens (tertiary/aromatic N) is 3. The summed E-state index contributed by atoms with van der Waals surface area (Å²) in [5, 5.41) is 11.8. The van der Waals surface area contributed by atoms with Gasteiger partial charge in [-0.05, 0) is 42.3 Å². The number of hydrogen-bond donors (Lipinski definition) is 3. The van der Waals surface area contributed by atoms with E-state index < -0.39 is 41.9 Å². The first-order chi connectivity index (χ1) is 19.4. The molecule has 0 saturated carbocycles. The van der Waals surface area contributed by atoms with Gasteiger partial charge in [-0.3, -0.25) is 19.3 Å². The third-order valence-electron chi connectivity index (χ3n) is 6.04. The van der Waals surface area contributed by atoms with Gasteiger partial charge in [0.05, 0.1) is 12.1 Å². The molecule has 0 unspecified atom stereocenters. The molecule has 2 saturated heterocycles. The predicted octanol–water partition coefficient (Wildman–Crippen LogP) is 3.41. The van der Waals surface area contributed by atoms with Crippen LogP contribution in [-0.4, -0.2) is 90.8 Å². The lowest BCUT2D eigenvalue weighted by Gasteiger charge is -2.49. The molecule has 3 N–H and O–H groups in total. The van der Waals surface area contributed by atoms with E-state index in [1.54, 1.807) is 18.7 Å². The summed E-state index contributed by atoms with van der Waals surface area (Å²) < 4.78 is 38.9. The number of fused-ring (bicyclic) bond motifs is 1. The molecule has 10 nitrogen and oxygen atoms in total. The maximum Gasteiger partial charge on any atom is 0.406 e. The van der Waals surface area contributed by atoms with Crippen LogP contribution in [0.15, 0.2) is 75.3 Å². The third-order valence-corrected chi connectivity index (χ3v) is 8.88. The van der Waals surface area contributed by atoms with Crippen molar-refractivity contribution in [3.05, 3.63) is 70.4 Å². The van der Waals surface area contributed by atoms with Gasteiger partial charge in [0.15, 0.2) is 0 Å². The molecule has 2 fully saturated rings. The van der Waals surface area contributed by atoms with Crippen LogP contribution in [0.2, 0.25) is 0 Å². The first-order valence-electron chi connectivity index (χ1n) is 12.0. The Kier molecular flexibility index (Phi) is 9.86. The van der Waals surface area contributed by atoms with E-state index in [1.807, 2.05) is 24.3 Å². The van der Waals surface area contributed by atoms with Crippen LogP contribution in [0.4, 0.5) is 13.2 Å². The van der Waals surface area contributed by atoms with Gasteiger partial charge < -0.3 is 20.3 Å². The van der Waals surface area contributed by atoms with Gasteiger partial charge in [0.1, 0.15) is 23.7 Å². The van der Waals surface area contributed by atoms with Crippen molar-refractivity contribution in [1.82, 2.24) is 25.1 Å². The van der Waals surface area contributed by atoms with Gasteiger partial charge in [0, 0.05) is 39.6 Å². The van der Waals surface area contributed by atoms with Crippen LogP contribution < -0.4 is 5.32 Å². The second-order valence-electron chi connectivity index (χ2n) is 8.90. The number of amides is 3. The van der Waals surface area contributed by atoms with Gasteiger partial charge in [-0.25, -0.2) is 9.78 Å². The second-order valence-corrected chi connectivity index (χ2v) is 12.0. The van der Waals surface area contributed by atoms with Crippen molar-refractivity contribution in [2.45, 2.75) is 28.9 Å². The highest BCUT2D eigenvalue weighted by Gasteiger charge is 2.54. The van der Waals surface area contributed by atoms with Gasteiger partial charge in [-0.1, -0.05) is 15.9 Å². The fourth-order valence-corrected chi connectivity index (χ4v) is 6.52. The number of β-lactam (4-membered cyclic amide) rings is 1. The Hall–Kier alpha value is -3.24. The van der Waals surface area contributed by atoms with Gasteiger partial charge >= 0.3 is 12.1 Å². The van der Waals surface area contributed by atoms with Crippen LogP contribution in [0, 0.1) is 0 Å². The normalized spacial score (nSPS) is 21.3. The molecule has 3 amide bonds. The van der Waals surface area contributed by atoms with Gasteiger partial charge in [0.2, 0.25) is 11.8 Å². The van der Waals surface area contributed by atoms with E-state index in [2.05, 4.69) is 31.2 Å². The predicted molar refractivity (Wildman–Crippen MR) is 148 cm³/mol. The lowest BCUT2D eigenvalue weighted by molar-refractivity contribution is -0.156. The van der Waals surface area contributed by atoms with Crippen molar-refractivity contribution < 1.29 is 37.5 Å². The van der Waals surface area contributed by atoms with Crippen molar-refractivity contribution in [1.29, 1.82) is 0 Å². The number of alkyl halides is 3. The summed E-state index contributed by atoms with van der Waals surface area (Å²) in [4.78, 5) is 58.5. The smallest absolute Gasteiger partial charge is 0.406 e. The summed E-state index contributed by atoms with van der Waals surface area (Å²) in [5.74, 6) is -2.99. The fourth-order valence-electron chi connectivity index (χ4n) is 4.24. The number of nitrogens with one attached hydrogen (secondary N) is 2. The Morgan fingerprint density at radius 1 is 1.27 bits per heavy atom. The van der Waals surface area contributed by atoms with E-state index in [-0.39, 0.29) is 47.2 Å². The highest BCUT2D eigenvalue weighted by atomic mass is 79.9. The standard InChI is InChI=1S/C22H19BrF3N3O5S2.C3H4N2/c23-13-1-3-14(4-2-13)35-9-15(30)27-16-19(32)29-17(21(33)34)12(8-36-20(16)29)7-11-5-6-28(18(11)31)10-22(24,25)26;1-2-5-3-4-1/h1-4,7,16,20H,5-6,8-10H2,(H,27,30)(H,33,34);1-3H,(H,4,5)/b11-7+;/t16-,20-;/m1./s1. The Bertz CT molecular complexity index is 1350. The number of rotatable bonds is 7. The number of halogens is 4. The van der Waals surface area contributed by atoms with E-state index in [0.717, 1.165) is 14.3 Å². The van der Waals surface area contributed by atoms with Crippen LogP contribution in [0.25, 0.3) is 0 Å². The number of thioether (sulfide) groups is 2. The number of hydrogen-bond acceptors (Lipinski definition) is 7. The number of likely N-dealkylation sites (tertiary alicyclic amines) is 1. The van der Waals surface area contributed by atoms with Crippen molar-refractivity contribution >= 4 is 63.1 Å². The maximum atomic E-state index is 12.8. The first kappa shape index (κ1) is 30.7. The Balaban J connectivity index is 0.000000699. The number of allylic oxidation sites excluding steroid dienone is 1. The number of aromatic nitrogens is 2. The minimum atomic E-state index is -4.54. The number of benzene rings is 1. The first-order valence-corrected chi connectivity index (χ1v) is 14.9. The van der Waals surface area contributed by atoms with Crippen LogP contribution in [0.1, 0.15) is 6.42 Å². The van der Waals surface area contributed by atoms with Crippen LogP contribution in [0.5, 0.6) is 0 Å². The number of imidazole rings is 1. The average molecular weight is 675 g/mol. The minimum absolute atomic E-state index is 0.0437. The summed E-state index contributed by atoms with van der Waals surface area (Å²) in [6.45, 7) is -1.50. The molecule has 2 atom stereocenters. The van der Waals surface area contributed by atoms with Crippen LogP contribution >= 0.6 is 39.5 Å². The number of carboxylic acid groups (broad SMARTS) is 1. The maximum absolute atomic E-state index is 12.8. The van der Waals surface area contributed by atoms with Crippen molar-refractivity contribution in [3.8, 4) is 0 Å². The lowest BCUT2D eigenvalue weighted by atomic mass is 10.0. The fraction of sp³-hybridized carbons (Fsp3) is 0.320. The average Bonchev–Trinajstić information content (AvgIpc) is 3.61. The topological polar surface area (TPSA) is 136 Å². The van der Waals surface area contributed by atoms with Gasteiger partial charge in [-0.15, -0.1) is 23.5 Å². The number of carbonyl (C=O) groups is 4. The monoisotopic (exact) mass is 673 g/mol. The molecule has 0 bridgehead atoms. The van der Waals surface area contributed by atoms with Crippen molar-refractivity contribution in [2.75, 3.05) is 24.6 Å². The molecule has 5 rings (SSSR count). The number of aliphatic carboxylic acids is 1. The summed E-state index contributed by atoms with van der Waals surface area (Å²) in [6.07, 6.45) is 1.87. The summed E-state index contributed by atoms with van der Waals surface area (Å²) in [5.41, 5.74) is -0.0900. The van der Waals surface area contributed by atoms with E-state index in [4.69, 9.17) is 0 Å². The molecule has 0 radical (unpaired) electrons. The summed E-state index contributed by atoms with van der Waals surface area (Å²) >= 11 is 5.84. The minimum Gasteiger partial charge on any atom is -0.477 e. The number of carbonyl (C=O) groups excluding carboxylic acids is 3. The SMILES string of the molecule is O=C(CSc1ccc(Br)cc1)N[C@@H]1C(=O)N2C(C(=O)O)=C(/C=C3\CCN(CC(F)(F)F)C3=O)CS[C@H]12.c1c[nH]cn1. The molecule has 1 aromatic carbocycles. The molecule has 0 spiro atoms. The zero-order chi connectivity index (χ0) is 29.7. The number of aromatic amines is 1. The zero-order valence-corrected chi connectivity index (χ0v) is 24.3. The molecular formula is C25H23BrF3N5O5S2.